The third kappa shape index (κ3) is 2.67. The highest BCUT2D eigenvalue weighted by atomic mass is 16.6. The van der Waals surface area contributed by atoms with Crippen LogP contribution in [0.2, 0.25) is 0 Å². The number of piperidine rings is 1. The summed E-state index contributed by atoms with van der Waals surface area (Å²) in [5.41, 5.74) is -1.30. The molecule has 13 heavy (non-hydrogen) atoms. The molecule has 1 rings (SSSR count). The van der Waals surface area contributed by atoms with Crippen LogP contribution in [0.4, 0.5) is 0 Å². The lowest BCUT2D eigenvalue weighted by molar-refractivity contribution is -0.171. The summed E-state index contributed by atoms with van der Waals surface area (Å²) >= 11 is 0. The maximum atomic E-state index is 11.4. The summed E-state index contributed by atoms with van der Waals surface area (Å²) < 4.78 is 4.96. The topological polar surface area (TPSA) is 58.6 Å². The van der Waals surface area contributed by atoms with E-state index < -0.39 is 11.6 Å². The maximum absolute atomic E-state index is 11.4. The molecule has 0 aromatic carbocycles. The van der Waals surface area contributed by atoms with Gasteiger partial charge in [0.05, 0.1) is 6.10 Å². The lowest BCUT2D eigenvalue weighted by atomic mass is 9.94. The number of esters is 1. The van der Waals surface area contributed by atoms with Crippen molar-refractivity contribution in [2.75, 3.05) is 13.1 Å². The van der Waals surface area contributed by atoms with Crippen LogP contribution in [0, 0.1) is 0 Å². The van der Waals surface area contributed by atoms with Crippen molar-refractivity contribution < 1.29 is 14.6 Å². The van der Waals surface area contributed by atoms with Gasteiger partial charge in [-0.2, -0.15) is 0 Å². The fourth-order valence-electron chi connectivity index (χ4n) is 1.39. The fraction of sp³-hybridized carbons (Fsp3) is 0.889. The van der Waals surface area contributed by atoms with Crippen LogP contribution in [-0.2, 0) is 9.53 Å². The summed E-state index contributed by atoms with van der Waals surface area (Å²) in [7, 11) is 0. The number of aliphatic hydroxyl groups is 1. The van der Waals surface area contributed by atoms with Crippen molar-refractivity contribution in [3.8, 4) is 0 Å². The number of carbonyl (C=O) groups excluding carboxylic acids is 1. The molecule has 76 valence electrons. The fourth-order valence-corrected chi connectivity index (χ4v) is 1.39. The molecule has 1 heterocycles. The predicted octanol–water partition coefficient (Wildman–Crippen LogP) is 0.0525. The molecule has 0 spiro atoms. The second-order valence-electron chi connectivity index (χ2n) is 3.77. The normalized spacial score (nSPS) is 28.9. The Hall–Kier alpha value is -0.610. The number of rotatable bonds is 2. The summed E-state index contributed by atoms with van der Waals surface area (Å²) in [5.74, 6) is -0.505. The van der Waals surface area contributed by atoms with Gasteiger partial charge in [-0.25, -0.2) is 4.79 Å². The summed E-state index contributed by atoms with van der Waals surface area (Å²) in [6.45, 7) is 4.71. The minimum atomic E-state index is -1.30. The first kappa shape index (κ1) is 10.5. The molecule has 0 aromatic heterocycles. The van der Waals surface area contributed by atoms with Gasteiger partial charge in [0.25, 0.3) is 0 Å². The first-order valence-electron chi connectivity index (χ1n) is 4.69. The monoisotopic (exact) mass is 187 g/mol. The number of hydrogen-bond donors (Lipinski definition) is 2. The molecule has 0 aliphatic carbocycles. The van der Waals surface area contributed by atoms with Gasteiger partial charge in [0.1, 0.15) is 0 Å². The standard InChI is InChI=1S/C9H17NO3/c1-7(2)13-8(11)9(12)4-3-5-10-6-9/h7,10,12H,3-6H2,1-2H3. The maximum Gasteiger partial charge on any atom is 0.339 e. The van der Waals surface area contributed by atoms with Crippen LogP contribution in [-0.4, -0.2) is 35.9 Å². The lowest BCUT2D eigenvalue weighted by Crippen LogP contribution is -2.52. The quantitative estimate of drug-likeness (QED) is 0.600. The Morgan fingerprint density at radius 1 is 1.62 bits per heavy atom. The third-order valence-electron chi connectivity index (χ3n) is 2.08. The second kappa shape index (κ2) is 4.07. The van der Waals surface area contributed by atoms with Crippen molar-refractivity contribution >= 4 is 5.97 Å². The summed E-state index contributed by atoms with van der Waals surface area (Å²) in [5, 5.41) is 12.8. The zero-order chi connectivity index (χ0) is 9.90. The Bertz CT molecular complexity index is 185. The summed E-state index contributed by atoms with van der Waals surface area (Å²) in [6.07, 6.45) is 1.13. The first-order chi connectivity index (χ1) is 6.04. The van der Waals surface area contributed by atoms with Crippen LogP contribution in [0.3, 0.4) is 0 Å². The van der Waals surface area contributed by atoms with Gasteiger partial charge in [0.15, 0.2) is 5.60 Å². The number of carbonyl (C=O) groups is 1. The smallest absolute Gasteiger partial charge is 0.339 e. The Labute approximate surface area is 78.3 Å². The molecule has 1 aliphatic heterocycles. The zero-order valence-electron chi connectivity index (χ0n) is 8.17. The number of ether oxygens (including phenoxy) is 1. The third-order valence-corrected chi connectivity index (χ3v) is 2.08. The number of hydrogen-bond acceptors (Lipinski definition) is 4. The van der Waals surface area contributed by atoms with E-state index in [1.165, 1.54) is 0 Å². The van der Waals surface area contributed by atoms with E-state index in [9.17, 15) is 9.90 Å². The minimum absolute atomic E-state index is 0.168. The molecule has 4 heteroatoms. The molecule has 1 saturated heterocycles. The van der Waals surface area contributed by atoms with Crippen molar-refractivity contribution in [3.05, 3.63) is 0 Å². The van der Waals surface area contributed by atoms with Crippen molar-refractivity contribution in [3.63, 3.8) is 0 Å². The molecular weight excluding hydrogens is 170 g/mol. The van der Waals surface area contributed by atoms with E-state index in [1.54, 1.807) is 13.8 Å². The molecular formula is C9H17NO3. The molecule has 0 saturated carbocycles. The largest absolute Gasteiger partial charge is 0.461 e. The van der Waals surface area contributed by atoms with E-state index in [0.29, 0.717) is 13.0 Å². The van der Waals surface area contributed by atoms with Crippen LogP contribution in [0.25, 0.3) is 0 Å². The van der Waals surface area contributed by atoms with E-state index in [2.05, 4.69) is 5.32 Å². The zero-order valence-corrected chi connectivity index (χ0v) is 8.17. The molecule has 1 aliphatic rings. The Morgan fingerprint density at radius 2 is 2.31 bits per heavy atom. The summed E-state index contributed by atoms with van der Waals surface area (Å²) in [4.78, 5) is 11.4. The van der Waals surface area contributed by atoms with Gasteiger partial charge in [-0.3, -0.25) is 0 Å². The molecule has 4 nitrogen and oxygen atoms in total. The van der Waals surface area contributed by atoms with Gasteiger partial charge in [-0.1, -0.05) is 0 Å². The van der Waals surface area contributed by atoms with Crippen LogP contribution in [0.5, 0.6) is 0 Å². The SMILES string of the molecule is CC(C)OC(=O)C1(O)CCCNC1. The highest BCUT2D eigenvalue weighted by Gasteiger charge is 2.39. The average Bonchev–Trinajstić information content (AvgIpc) is 2.04. The van der Waals surface area contributed by atoms with E-state index >= 15 is 0 Å². The Balaban J connectivity index is 2.51. The van der Waals surface area contributed by atoms with Crippen LogP contribution >= 0.6 is 0 Å². The summed E-state index contributed by atoms with van der Waals surface area (Å²) in [6, 6.07) is 0. The minimum Gasteiger partial charge on any atom is -0.461 e. The van der Waals surface area contributed by atoms with Gasteiger partial charge >= 0.3 is 5.97 Å². The molecule has 1 fully saturated rings. The van der Waals surface area contributed by atoms with Gasteiger partial charge in [0.2, 0.25) is 0 Å². The van der Waals surface area contributed by atoms with Crippen molar-refractivity contribution in [1.82, 2.24) is 5.32 Å². The van der Waals surface area contributed by atoms with Gasteiger partial charge in [-0.05, 0) is 33.2 Å². The van der Waals surface area contributed by atoms with Crippen LogP contribution in [0.1, 0.15) is 26.7 Å². The van der Waals surface area contributed by atoms with Crippen molar-refractivity contribution in [2.45, 2.75) is 38.4 Å². The molecule has 0 amide bonds. The van der Waals surface area contributed by atoms with E-state index in [4.69, 9.17) is 4.74 Å². The van der Waals surface area contributed by atoms with E-state index in [1.807, 2.05) is 0 Å². The van der Waals surface area contributed by atoms with Gasteiger partial charge in [0, 0.05) is 6.54 Å². The molecule has 0 aromatic rings. The lowest BCUT2D eigenvalue weighted by Gasteiger charge is -2.30. The molecule has 2 N–H and O–H groups in total. The van der Waals surface area contributed by atoms with Crippen molar-refractivity contribution in [2.24, 2.45) is 0 Å². The first-order valence-corrected chi connectivity index (χ1v) is 4.69. The molecule has 0 bridgehead atoms. The van der Waals surface area contributed by atoms with Gasteiger partial charge < -0.3 is 15.2 Å². The number of β-amino-alcohol motifs (C(OH)–C–C–N with tert-alkyl or cyclic N) is 1. The van der Waals surface area contributed by atoms with Crippen LogP contribution in [0.15, 0.2) is 0 Å². The van der Waals surface area contributed by atoms with E-state index in [0.717, 1.165) is 13.0 Å². The Morgan fingerprint density at radius 3 is 2.77 bits per heavy atom. The van der Waals surface area contributed by atoms with E-state index in [-0.39, 0.29) is 6.10 Å². The Kier molecular flexibility index (Phi) is 3.27. The molecule has 0 radical (unpaired) electrons. The van der Waals surface area contributed by atoms with Crippen molar-refractivity contribution in [1.29, 1.82) is 0 Å². The molecule has 1 atom stereocenters. The predicted molar refractivity (Wildman–Crippen MR) is 48.3 cm³/mol. The van der Waals surface area contributed by atoms with Gasteiger partial charge in [-0.15, -0.1) is 0 Å². The molecule has 1 unspecified atom stereocenters. The van der Waals surface area contributed by atoms with Crippen LogP contribution < -0.4 is 5.32 Å². The second-order valence-corrected chi connectivity index (χ2v) is 3.77. The highest BCUT2D eigenvalue weighted by Crippen LogP contribution is 2.18. The average molecular weight is 187 g/mol. The number of nitrogens with one attached hydrogen (secondary N) is 1. The highest BCUT2D eigenvalue weighted by molar-refractivity contribution is 5.79.